The molecule has 0 amide bonds. The molecule has 0 spiro atoms. The van der Waals surface area contributed by atoms with Crippen molar-refractivity contribution in [1.29, 1.82) is 0 Å². The fraction of sp³-hybridized carbons (Fsp3) is 0.575. The summed E-state index contributed by atoms with van der Waals surface area (Å²) in [4.78, 5) is 8.26. The molecule has 2 fully saturated rings. The van der Waals surface area contributed by atoms with Crippen molar-refractivity contribution in [2.24, 2.45) is 5.92 Å². The van der Waals surface area contributed by atoms with Crippen molar-refractivity contribution in [3.05, 3.63) is 97.0 Å². The molecule has 253 valence electrons. The van der Waals surface area contributed by atoms with Crippen molar-refractivity contribution >= 4 is 6.08 Å². The number of nitrogens with zero attached hydrogens (tertiary/aromatic N) is 3. The number of alkyl halides is 2. The van der Waals surface area contributed by atoms with Crippen molar-refractivity contribution < 1.29 is 8.78 Å². The van der Waals surface area contributed by atoms with Gasteiger partial charge < -0.3 is 4.90 Å². The van der Waals surface area contributed by atoms with E-state index in [4.69, 9.17) is 0 Å². The van der Waals surface area contributed by atoms with Crippen LogP contribution in [0, 0.1) is 12.3 Å². The van der Waals surface area contributed by atoms with Gasteiger partial charge in [-0.2, -0.15) is 0 Å². The number of benzene rings is 1. The van der Waals surface area contributed by atoms with Gasteiger partial charge in [0.05, 0.1) is 0 Å². The first-order valence-corrected chi connectivity index (χ1v) is 17.2. The molecule has 1 aromatic carbocycles. The van der Waals surface area contributed by atoms with Gasteiger partial charge in [-0.3, -0.25) is 9.80 Å². The second-order valence-corrected chi connectivity index (χ2v) is 12.5. The van der Waals surface area contributed by atoms with E-state index in [1.165, 1.54) is 88.2 Å². The number of halogens is 2. The molecule has 0 bridgehead atoms. The summed E-state index contributed by atoms with van der Waals surface area (Å²) in [6.07, 6.45) is 19.8. The summed E-state index contributed by atoms with van der Waals surface area (Å²) in [6, 6.07) is 9.92. The third-order valence-corrected chi connectivity index (χ3v) is 8.18. The van der Waals surface area contributed by atoms with Gasteiger partial charge in [0.25, 0.3) is 0 Å². The van der Waals surface area contributed by atoms with Gasteiger partial charge in [-0.05, 0) is 83.4 Å². The summed E-state index contributed by atoms with van der Waals surface area (Å²) in [7, 11) is 0. The highest BCUT2D eigenvalue weighted by molar-refractivity contribution is 5.47. The number of piperazine rings is 1. The Bertz CT molecular complexity index is 1030. The first kappa shape index (κ1) is 40.7. The summed E-state index contributed by atoms with van der Waals surface area (Å²) in [6.45, 7) is 31.0. The van der Waals surface area contributed by atoms with E-state index in [0.717, 1.165) is 26.2 Å². The summed E-state index contributed by atoms with van der Waals surface area (Å²) in [5, 5.41) is 0. The number of hydrogen-bond donors (Lipinski definition) is 0. The molecular weight excluding hydrogens is 560 g/mol. The first-order valence-electron chi connectivity index (χ1n) is 17.2. The van der Waals surface area contributed by atoms with Crippen molar-refractivity contribution in [2.45, 2.75) is 98.6 Å². The van der Waals surface area contributed by atoms with E-state index >= 15 is 0 Å². The summed E-state index contributed by atoms with van der Waals surface area (Å²) in [5.74, 6) is -1.67. The van der Waals surface area contributed by atoms with Gasteiger partial charge >= 0.3 is 0 Å². The molecule has 1 radical (unpaired) electrons. The Morgan fingerprint density at radius 2 is 1.71 bits per heavy atom. The van der Waals surface area contributed by atoms with Crippen LogP contribution in [0.1, 0.15) is 85.3 Å². The van der Waals surface area contributed by atoms with Crippen LogP contribution in [-0.2, 0) is 6.42 Å². The summed E-state index contributed by atoms with van der Waals surface area (Å²) in [5.41, 5.74) is 5.57. The fourth-order valence-corrected chi connectivity index (χ4v) is 6.11. The fourth-order valence-electron chi connectivity index (χ4n) is 6.11. The molecule has 4 rings (SSSR count). The van der Waals surface area contributed by atoms with E-state index in [0.29, 0.717) is 12.1 Å². The summed E-state index contributed by atoms with van der Waals surface area (Å²) < 4.78 is 22.0. The lowest BCUT2D eigenvalue weighted by Crippen LogP contribution is -2.58. The normalized spacial score (nSPS) is 20.8. The molecule has 3 unspecified atom stereocenters. The van der Waals surface area contributed by atoms with Crippen LogP contribution in [0.4, 0.5) is 8.78 Å². The summed E-state index contributed by atoms with van der Waals surface area (Å²) >= 11 is 0. The van der Waals surface area contributed by atoms with Gasteiger partial charge in [0.1, 0.15) is 0 Å². The van der Waals surface area contributed by atoms with Crippen LogP contribution in [-0.4, -0.2) is 78.5 Å². The molecule has 2 aliphatic heterocycles. The molecule has 3 atom stereocenters. The zero-order chi connectivity index (χ0) is 33.8. The van der Waals surface area contributed by atoms with Crippen LogP contribution in [0.25, 0.3) is 6.08 Å². The van der Waals surface area contributed by atoms with E-state index in [2.05, 4.69) is 110 Å². The van der Waals surface area contributed by atoms with E-state index in [1.54, 1.807) is 5.57 Å². The van der Waals surface area contributed by atoms with Crippen LogP contribution in [0.3, 0.4) is 0 Å². The van der Waals surface area contributed by atoms with Crippen LogP contribution in [0.2, 0.25) is 0 Å². The maximum absolute atomic E-state index is 11.0. The third-order valence-electron chi connectivity index (χ3n) is 8.18. The van der Waals surface area contributed by atoms with Gasteiger partial charge in [-0.25, -0.2) is 8.78 Å². The topological polar surface area (TPSA) is 9.72 Å². The smallest absolute Gasteiger partial charge is 0.242 e. The number of rotatable bonds is 13. The van der Waals surface area contributed by atoms with Crippen LogP contribution >= 0.6 is 0 Å². The lowest BCUT2D eigenvalue weighted by Gasteiger charge is -2.48. The Morgan fingerprint density at radius 1 is 1.07 bits per heavy atom. The van der Waals surface area contributed by atoms with Crippen molar-refractivity contribution in [2.75, 3.05) is 45.8 Å². The molecule has 2 heterocycles. The monoisotopic (exact) mass is 625 g/mol. The maximum atomic E-state index is 11.0. The Kier molecular flexibility index (Phi) is 20.1. The average Bonchev–Trinajstić information content (AvgIpc) is 3.86. The molecule has 2 saturated heterocycles. The molecule has 1 aromatic rings. The van der Waals surface area contributed by atoms with E-state index < -0.39 is 5.92 Å². The SMILES string of the molecule is C=C.C=Cc1ccc(C/C(C)=C\C(/C=C\C)N2CCN3CC(CN(CCC)CCC4=C[CH]4)CCC3C2)cc1.CC.CC(C)(F)F. The predicted octanol–water partition coefficient (Wildman–Crippen LogP) is 9.90. The molecule has 0 aromatic heterocycles. The molecular formula is C40H64F2N3. The Balaban J connectivity index is 0.00000101. The standard InChI is InChI=1S/C33H48N3.C3H6F2.C2H6.C2H4/c1-5-8-32(23-27(4)22-30-13-9-28(7-3)10-14-30)36-21-20-35-25-31(15-16-33(35)26-36)24-34(18-6-2)19-17-29-11-12-29;1-3(2,4)5;2*1-2/h5,7-14,23,31-33H,3,6,15-22,24-26H2,1-2,4H3;1-2H3;1-2H3;1-2H2/b8-5-,27-23-;;;. The quantitative estimate of drug-likeness (QED) is 0.202. The Labute approximate surface area is 276 Å². The molecule has 0 saturated carbocycles. The lowest BCUT2D eigenvalue weighted by molar-refractivity contribution is 0.0161. The minimum Gasteiger partial charge on any atom is -0.303 e. The largest absolute Gasteiger partial charge is 0.303 e. The van der Waals surface area contributed by atoms with Gasteiger partial charge in [-0.1, -0.05) is 93.1 Å². The highest BCUT2D eigenvalue weighted by atomic mass is 19.3. The number of allylic oxidation sites excluding steroid dienone is 3. The second kappa shape index (κ2) is 22.2. The predicted molar refractivity (Wildman–Crippen MR) is 195 cm³/mol. The van der Waals surface area contributed by atoms with E-state index in [-0.39, 0.29) is 0 Å². The first-order chi connectivity index (χ1) is 21.6. The molecule has 3 aliphatic rings. The van der Waals surface area contributed by atoms with Crippen molar-refractivity contribution in [3.63, 3.8) is 0 Å². The zero-order valence-electron chi connectivity index (χ0n) is 29.7. The van der Waals surface area contributed by atoms with E-state index in [9.17, 15) is 8.78 Å². The van der Waals surface area contributed by atoms with Crippen molar-refractivity contribution in [3.8, 4) is 0 Å². The van der Waals surface area contributed by atoms with Crippen LogP contribution in [0.5, 0.6) is 0 Å². The van der Waals surface area contributed by atoms with E-state index in [1.807, 2.05) is 19.9 Å². The highest BCUT2D eigenvalue weighted by Crippen LogP contribution is 2.28. The maximum Gasteiger partial charge on any atom is 0.242 e. The minimum atomic E-state index is -2.50. The molecule has 1 aliphatic carbocycles. The lowest BCUT2D eigenvalue weighted by atomic mass is 9.90. The van der Waals surface area contributed by atoms with Crippen LogP contribution in [0.15, 0.2) is 79.5 Å². The molecule has 5 heteroatoms. The third kappa shape index (κ3) is 17.2. The number of fused-ring (bicyclic) bond motifs is 1. The van der Waals surface area contributed by atoms with Gasteiger partial charge in [-0.15, -0.1) is 13.2 Å². The van der Waals surface area contributed by atoms with Crippen LogP contribution < -0.4 is 0 Å². The number of piperidine rings is 1. The number of hydrogen-bond acceptors (Lipinski definition) is 3. The van der Waals surface area contributed by atoms with Crippen molar-refractivity contribution in [1.82, 2.24) is 14.7 Å². The highest BCUT2D eigenvalue weighted by Gasteiger charge is 2.34. The average molecular weight is 625 g/mol. The Morgan fingerprint density at radius 3 is 2.27 bits per heavy atom. The van der Waals surface area contributed by atoms with Gasteiger partial charge in [0.15, 0.2) is 0 Å². The second-order valence-electron chi connectivity index (χ2n) is 12.5. The molecule has 45 heavy (non-hydrogen) atoms. The molecule has 3 nitrogen and oxygen atoms in total. The van der Waals surface area contributed by atoms with Gasteiger partial charge in [0.2, 0.25) is 5.92 Å². The minimum absolute atomic E-state index is 0.399. The Hall–Kier alpha value is -2.34. The zero-order valence-corrected chi connectivity index (χ0v) is 29.7. The van der Waals surface area contributed by atoms with Gasteiger partial charge in [0, 0.05) is 57.8 Å². The molecule has 0 N–H and O–H groups in total.